The number of aromatic nitrogens is 2. The monoisotopic (exact) mass is 736 g/mol. The highest BCUT2D eigenvalue weighted by Gasteiger charge is 2.23. The third-order valence-electron chi connectivity index (χ3n) is 10.1. The number of aryl methyl sites for hydroxylation is 1. The van der Waals surface area contributed by atoms with E-state index in [4.69, 9.17) is 4.74 Å². The van der Waals surface area contributed by atoms with Crippen LogP contribution in [-0.2, 0) is 18.4 Å². The molecule has 1 aromatic heterocycles. The molecule has 0 unspecified atom stereocenters. The highest BCUT2D eigenvalue weighted by Crippen LogP contribution is 2.33. The molecule has 4 aromatic rings. The number of anilines is 2. The zero-order valence-corrected chi connectivity index (χ0v) is 33.0. The number of nitrogens with one attached hydrogen (secondary N) is 2. The molecular formula is C45H60N4O3S. The van der Waals surface area contributed by atoms with Gasteiger partial charge in [0.25, 0.3) is 0 Å². The van der Waals surface area contributed by atoms with Gasteiger partial charge in [-0.3, -0.25) is 14.3 Å². The van der Waals surface area contributed by atoms with Crippen molar-refractivity contribution in [3.05, 3.63) is 113 Å². The van der Waals surface area contributed by atoms with Gasteiger partial charge in [0.15, 0.2) is 12.6 Å². The Morgan fingerprint density at radius 1 is 0.698 bits per heavy atom. The van der Waals surface area contributed by atoms with E-state index in [1.807, 2.05) is 36.6 Å². The molecule has 1 heterocycles. The predicted molar refractivity (Wildman–Crippen MR) is 223 cm³/mol. The van der Waals surface area contributed by atoms with Crippen molar-refractivity contribution in [2.24, 2.45) is 0 Å². The summed E-state index contributed by atoms with van der Waals surface area (Å²) in [5, 5.41) is 3.32. The molecule has 0 atom stereocenters. The summed E-state index contributed by atoms with van der Waals surface area (Å²) in [5.41, 5.74) is 6.42. The van der Waals surface area contributed by atoms with Crippen LogP contribution in [0.4, 0.5) is 11.6 Å². The summed E-state index contributed by atoms with van der Waals surface area (Å²) < 4.78 is 9.06. The number of benzene rings is 3. The molecule has 0 bridgehead atoms. The lowest BCUT2D eigenvalue weighted by Gasteiger charge is -2.26. The van der Waals surface area contributed by atoms with Crippen molar-refractivity contribution in [2.45, 2.75) is 122 Å². The van der Waals surface area contributed by atoms with Gasteiger partial charge in [-0.2, -0.15) is 0 Å². The third kappa shape index (κ3) is 14.3. The molecule has 3 aromatic carbocycles. The van der Waals surface area contributed by atoms with Crippen LogP contribution in [-0.4, -0.2) is 35.3 Å². The average Bonchev–Trinajstić information content (AvgIpc) is 3.18. The lowest BCUT2D eigenvalue weighted by molar-refractivity contribution is 0.109. The fraction of sp³-hybridized carbons (Fsp3) is 0.467. The second-order valence-electron chi connectivity index (χ2n) is 14.5. The molecule has 4 rings (SSSR count). The zero-order chi connectivity index (χ0) is 37.6. The Kier molecular flexibility index (Phi) is 18.4. The van der Waals surface area contributed by atoms with E-state index >= 15 is 0 Å². The molecule has 8 heteroatoms. The topological polar surface area (TPSA) is 93.2 Å². The summed E-state index contributed by atoms with van der Waals surface area (Å²) in [7, 11) is 0. The van der Waals surface area contributed by atoms with Crippen LogP contribution in [0.3, 0.4) is 0 Å². The van der Waals surface area contributed by atoms with E-state index in [0.717, 1.165) is 49.1 Å². The van der Waals surface area contributed by atoms with E-state index in [-0.39, 0.29) is 5.41 Å². The Hall–Kier alpha value is -4.17. The fourth-order valence-corrected chi connectivity index (χ4v) is 7.05. The molecule has 0 fully saturated rings. The van der Waals surface area contributed by atoms with Crippen molar-refractivity contribution in [3.63, 3.8) is 0 Å². The van der Waals surface area contributed by atoms with E-state index in [9.17, 15) is 9.59 Å². The number of hydrogen-bond acceptors (Lipinski definition) is 8. The van der Waals surface area contributed by atoms with E-state index in [2.05, 4.69) is 70.3 Å². The van der Waals surface area contributed by atoms with Crippen molar-refractivity contribution >= 4 is 36.2 Å². The number of hydrogen-bond donors (Lipinski definition) is 2. The maximum atomic E-state index is 11.3. The summed E-state index contributed by atoms with van der Waals surface area (Å²) in [5.74, 6) is 1.42. The molecular weight excluding hydrogens is 677 g/mol. The molecule has 284 valence electrons. The molecule has 7 nitrogen and oxygen atoms in total. The van der Waals surface area contributed by atoms with E-state index in [0.29, 0.717) is 23.7 Å². The van der Waals surface area contributed by atoms with Crippen molar-refractivity contribution in [1.82, 2.24) is 9.97 Å². The maximum Gasteiger partial charge on any atom is 0.233 e. The van der Waals surface area contributed by atoms with Crippen LogP contribution in [0.15, 0.2) is 79.0 Å². The molecule has 0 radical (unpaired) electrons. The van der Waals surface area contributed by atoms with Gasteiger partial charge in [-0.1, -0.05) is 151 Å². The van der Waals surface area contributed by atoms with Crippen molar-refractivity contribution in [2.75, 3.05) is 22.8 Å². The second kappa shape index (κ2) is 23.5. The molecule has 0 aliphatic heterocycles. The molecule has 53 heavy (non-hydrogen) atoms. The summed E-state index contributed by atoms with van der Waals surface area (Å²) in [6.45, 7) is 5.80. The fourth-order valence-electron chi connectivity index (χ4n) is 6.77. The SMILES string of the molecule is CSNc1nccc(COc2ccc(C(C)(C)c3ccc(CCCCCCCCCCCCCCCCNc4cccc(C=O)c4C=O)cc3)cc2)n1. The normalized spacial score (nSPS) is 11.3. The summed E-state index contributed by atoms with van der Waals surface area (Å²) in [6, 6.07) is 24.9. The second-order valence-corrected chi connectivity index (χ2v) is 15.1. The minimum absolute atomic E-state index is 0.0982. The first-order valence-corrected chi connectivity index (χ1v) is 20.9. The molecule has 0 aliphatic rings. The summed E-state index contributed by atoms with van der Waals surface area (Å²) in [4.78, 5) is 31.1. The van der Waals surface area contributed by atoms with Crippen LogP contribution < -0.4 is 14.8 Å². The number of rotatable bonds is 27. The highest BCUT2D eigenvalue weighted by molar-refractivity contribution is 7.99. The lowest BCUT2D eigenvalue weighted by Crippen LogP contribution is -2.18. The van der Waals surface area contributed by atoms with Crippen LogP contribution in [0, 0.1) is 0 Å². The number of nitrogens with zero attached hydrogens (tertiary/aromatic N) is 2. The van der Waals surface area contributed by atoms with Crippen molar-refractivity contribution in [1.29, 1.82) is 0 Å². The maximum absolute atomic E-state index is 11.3. The van der Waals surface area contributed by atoms with Crippen LogP contribution in [0.25, 0.3) is 0 Å². The van der Waals surface area contributed by atoms with Gasteiger partial charge in [0.1, 0.15) is 12.4 Å². The van der Waals surface area contributed by atoms with Crippen molar-refractivity contribution in [3.8, 4) is 5.75 Å². The predicted octanol–water partition coefficient (Wildman–Crippen LogP) is 11.8. The molecule has 0 saturated heterocycles. The molecule has 0 aliphatic carbocycles. The van der Waals surface area contributed by atoms with E-state index < -0.39 is 0 Å². The van der Waals surface area contributed by atoms with Gasteiger partial charge in [0.2, 0.25) is 5.95 Å². The molecule has 2 N–H and O–H groups in total. The van der Waals surface area contributed by atoms with E-state index in [1.165, 1.54) is 112 Å². The van der Waals surface area contributed by atoms with Gasteiger partial charge in [0.05, 0.1) is 5.69 Å². The minimum atomic E-state index is -0.0982. The van der Waals surface area contributed by atoms with Gasteiger partial charge in [-0.25, -0.2) is 9.97 Å². The van der Waals surface area contributed by atoms with E-state index in [1.54, 1.807) is 12.3 Å². The number of carbonyl (C=O) groups is 2. The Labute approximate surface area is 322 Å². The Balaban J connectivity index is 0.987. The first-order chi connectivity index (χ1) is 25.9. The standard InChI is InChI=1S/C45H60N4O3S/c1-45(2,39-26-28-41(29-27-39)52-35-40-30-32-47-44(48-40)49-53-3)38-24-22-36(23-25-38)19-16-14-12-10-8-6-4-5-7-9-11-13-15-17-31-46-43-21-18-20-37(33-50)42(43)34-51/h18,20-30,32-34,46H,4-17,19,31,35H2,1-3H3,(H,47,48,49). The number of ether oxygens (including phenoxy) is 1. The van der Waals surface area contributed by atoms with Gasteiger partial charge < -0.3 is 10.1 Å². The highest BCUT2D eigenvalue weighted by atomic mass is 32.2. The zero-order valence-electron chi connectivity index (χ0n) is 32.2. The Morgan fingerprint density at radius 2 is 1.28 bits per heavy atom. The third-order valence-corrected chi connectivity index (χ3v) is 10.5. The minimum Gasteiger partial charge on any atom is -0.487 e. The number of aldehydes is 2. The Bertz CT molecular complexity index is 1640. The first-order valence-electron chi connectivity index (χ1n) is 19.7. The summed E-state index contributed by atoms with van der Waals surface area (Å²) >= 11 is 1.47. The number of carbonyl (C=O) groups excluding carboxylic acids is 2. The van der Waals surface area contributed by atoms with Gasteiger partial charge in [-0.15, -0.1) is 0 Å². The molecule has 0 saturated carbocycles. The van der Waals surface area contributed by atoms with Crippen LogP contribution in [0.5, 0.6) is 5.75 Å². The summed E-state index contributed by atoms with van der Waals surface area (Å²) in [6.07, 6.45) is 24.6. The smallest absolute Gasteiger partial charge is 0.233 e. The lowest BCUT2D eigenvalue weighted by atomic mass is 9.78. The largest absolute Gasteiger partial charge is 0.487 e. The quantitative estimate of drug-likeness (QED) is 0.0355. The molecule has 0 spiro atoms. The Morgan fingerprint density at radius 3 is 1.87 bits per heavy atom. The van der Waals surface area contributed by atoms with Gasteiger partial charge >= 0.3 is 0 Å². The first kappa shape index (κ1) is 41.6. The number of unbranched alkanes of at least 4 members (excludes halogenated alkanes) is 13. The molecule has 0 amide bonds. The van der Waals surface area contributed by atoms with Crippen LogP contribution in [0.2, 0.25) is 0 Å². The van der Waals surface area contributed by atoms with Crippen molar-refractivity contribution < 1.29 is 14.3 Å². The van der Waals surface area contributed by atoms with Crippen LogP contribution in [0.1, 0.15) is 147 Å². The van der Waals surface area contributed by atoms with Gasteiger partial charge in [0, 0.05) is 41.2 Å². The van der Waals surface area contributed by atoms with Gasteiger partial charge in [-0.05, 0) is 60.2 Å². The van der Waals surface area contributed by atoms with Crippen LogP contribution >= 0.6 is 11.9 Å². The average molecular weight is 737 g/mol.